The molecule has 2 N–H and O–H groups in total. The molecule has 2 aromatic rings. The van der Waals surface area contributed by atoms with Crippen LogP contribution in [0.15, 0.2) is 39.8 Å². The summed E-state index contributed by atoms with van der Waals surface area (Å²) in [5, 5.41) is 4.91. The van der Waals surface area contributed by atoms with Crippen LogP contribution < -0.4 is 5.73 Å². The van der Waals surface area contributed by atoms with E-state index in [0.717, 1.165) is 25.8 Å². The highest BCUT2D eigenvalue weighted by atomic mass is 79.9. The van der Waals surface area contributed by atoms with E-state index in [2.05, 4.69) is 21.0 Å². The number of rotatable bonds is 4. The fourth-order valence-corrected chi connectivity index (χ4v) is 3.47. The average Bonchev–Trinajstić information content (AvgIpc) is 2.66. The predicted molar refractivity (Wildman–Crippen MR) is 80.0 cm³/mol. The molecule has 1 aromatic carbocycles. The fourth-order valence-electron chi connectivity index (χ4n) is 1.66. The molecule has 0 aliphatic rings. The zero-order chi connectivity index (χ0) is 13.1. The number of benzene rings is 1. The molecule has 18 heavy (non-hydrogen) atoms. The van der Waals surface area contributed by atoms with E-state index in [1.165, 1.54) is 0 Å². The second-order valence-corrected chi connectivity index (χ2v) is 6.26. The Hall–Kier alpha value is -0.490. The highest BCUT2D eigenvalue weighted by molar-refractivity contribution is 9.10. The molecule has 1 unspecified atom stereocenters. The van der Waals surface area contributed by atoms with Gasteiger partial charge in [0.15, 0.2) is 0 Å². The Morgan fingerprint density at radius 1 is 1.56 bits per heavy atom. The summed E-state index contributed by atoms with van der Waals surface area (Å²) in [4.78, 5) is 1.12. The van der Waals surface area contributed by atoms with Gasteiger partial charge in [0.05, 0.1) is 22.4 Å². The lowest BCUT2D eigenvalue weighted by atomic mass is 10.2. The van der Waals surface area contributed by atoms with E-state index in [-0.39, 0.29) is 6.04 Å². The molecular formula is C12H13BrClN3S. The van der Waals surface area contributed by atoms with Gasteiger partial charge in [0.2, 0.25) is 0 Å². The Labute approximate surface area is 124 Å². The van der Waals surface area contributed by atoms with Crippen LogP contribution in [0.4, 0.5) is 0 Å². The van der Waals surface area contributed by atoms with Crippen LogP contribution in [-0.2, 0) is 7.05 Å². The second-order valence-electron chi connectivity index (χ2n) is 3.88. The lowest BCUT2D eigenvalue weighted by Crippen LogP contribution is -2.17. The molecule has 1 atom stereocenters. The number of aromatic nitrogens is 2. The molecule has 2 rings (SSSR count). The van der Waals surface area contributed by atoms with E-state index in [4.69, 9.17) is 17.3 Å². The quantitative estimate of drug-likeness (QED) is 0.860. The first-order valence-corrected chi connectivity index (χ1v) is 7.55. The van der Waals surface area contributed by atoms with Crippen LogP contribution in [0.1, 0.15) is 11.7 Å². The van der Waals surface area contributed by atoms with Gasteiger partial charge < -0.3 is 5.73 Å². The maximum absolute atomic E-state index is 6.18. The SMILES string of the molecule is Cn1ncc(Br)c1C(N)CSc1cccc(Cl)c1. The molecule has 0 amide bonds. The summed E-state index contributed by atoms with van der Waals surface area (Å²) in [6.45, 7) is 0. The standard InChI is InChI=1S/C12H13BrClN3S/c1-17-12(10(13)6-16-17)11(15)7-18-9-4-2-3-8(14)5-9/h2-6,11H,7,15H2,1H3. The monoisotopic (exact) mass is 345 g/mol. The number of aryl methyl sites for hydroxylation is 1. The Balaban J connectivity index is 2.03. The lowest BCUT2D eigenvalue weighted by Gasteiger charge is -2.12. The van der Waals surface area contributed by atoms with Crippen molar-refractivity contribution in [3.63, 3.8) is 0 Å². The summed E-state index contributed by atoms with van der Waals surface area (Å²) in [6.07, 6.45) is 1.76. The van der Waals surface area contributed by atoms with Crippen LogP contribution in [-0.4, -0.2) is 15.5 Å². The number of halogens is 2. The van der Waals surface area contributed by atoms with E-state index >= 15 is 0 Å². The molecule has 0 radical (unpaired) electrons. The van der Waals surface area contributed by atoms with Crippen molar-refractivity contribution < 1.29 is 0 Å². The van der Waals surface area contributed by atoms with Crippen molar-refractivity contribution in [2.45, 2.75) is 10.9 Å². The van der Waals surface area contributed by atoms with E-state index in [0.29, 0.717) is 0 Å². The average molecular weight is 347 g/mol. The van der Waals surface area contributed by atoms with Crippen molar-refractivity contribution >= 4 is 39.3 Å². The summed E-state index contributed by atoms with van der Waals surface area (Å²) in [7, 11) is 1.89. The van der Waals surface area contributed by atoms with Crippen molar-refractivity contribution in [2.75, 3.05) is 5.75 Å². The maximum Gasteiger partial charge on any atom is 0.0698 e. The third-order valence-corrected chi connectivity index (χ3v) is 4.47. The van der Waals surface area contributed by atoms with Crippen molar-refractivity contribution in [3.8, 4) is 0 Å². The van der Waals surface area contributed by atoms with Crippen molar-refractivity contribution in [2.24, 2.45) is 12.8 Å². The van der Waals surface area contributed by atoms with Gasteiger partial charge in [-0.1, -0.05) is 17.7 Å². The van der Waals surface area contributed by atoms with Gasteiger partial charge >= 0.3 is 0 Å². The highest BCUT2D eigenvalue weighted by Gasteiger charge is 2.15. The molecule has 0 saturated carbocycles. The van der Waals surface area contributed by atoms with Crippen LogP contribution in [0, 0.1) is 0 Å². The molecule has 0 fully saturated rings. The number of hydrogen-bond acceptors (Lipinski definition) is 3. The molecular weight excluding hydrogens is 334 g/mol. The molecule has 1 heterocycles. The summed E-state index contributed by atoms with van der Waals surface area (Å²) in [5.74, 6) is 0.776. The van der Waals surface area contributed by atoms with E-state index in [1.54, 1.807) is 22.6 Å². The molecule has 0 saturated heterocycles. The predicted octanol–water partition coefficient (Wildman–Crippen LogP) is 3.63. The van der Waals surface area contributed by atoms with Gasteiger partial charge in [0.1, 0.15) is 0 Å². The zero-order valence-corrected chi connectivity index (χ0v) is 13.0. The first-order valence-electron chi connectivity index (χ1n) is 5.39. The first kappa shape index (κ1) is 13.9. The van der Waals surface area contributed by atoms with Crippen molar-refractivity contribution in [1.82, 2.24) is 9.78 Å². The van der Waals surface area contributed by atoms with Crippen LogP contribution in [0.5, 0.6) is 0 Å². The van der Waals surface area contributed by atoms with E-state index in [1.807, 2.05) is 31.3 Å². The maximum atomic E-state index is 6.18. The Morgan fingerprint density at radius 3 is 2.94 bits per heavy atom. The molecule has 0 aliphatic carbocycles. The van der Waals surface area contributed by atoms with Crippen LogP contribution in [0.25, 0.3) is 0 Å². The third kappa shape index (κ3) is 3.29. The fraction of sp³-hybridized carbons (Fsp3) is 0.250. The molecule has 0 spiro atoms. The number of thioether (sulfide) groups is 1. The minimum Gasteiger partial charge on any atom is -0.322 e. The minimum absolute atomic E-state index is 0.0733. The van der Waals surface area contributed by atoms with E-state index < -0.39 is 0 Å². The van der Waals surface area contributed by atoms with Gasteiger partial charge in [-0.3, -0.25) is 4.68 Å². The topological polar surface area (TPSA) is 43.8 Å². The molecule has 1 aromatic heterocycles. The summed E-state index contributed by atoms with van der Waals surface area (Å²) in [5.41, 5.74) is 7.19. The summed E-state index contributed by atoms with van der Waals surface area (Å²) in [6, 6.07) is 7.70. The van der Waals surface area contributed by atoms with Gasteiger partial charge in [-0.15, -0.1) is 11.8 Å². The smallest absolute Gasteiger partial charge is 0.0698 e. The van der Waals surface area contributed by atoms with Gasteiger partial charge in [-0.25, -0.2) is 0 Å². The normalized spacial score (nSPS) is 12.7. The largest absolute Gasteiger partial charge is 0.322 e. The summed E-state index contributed by atoms with van der Waals surface area (Å²) >= 11 is 11.1. The molecule has 96 valence electrons. The van der Waals surface area contributed by atoms with Gasteiger partial charge in [-0.05, 0) is 34.1 Å². The molecule has 0 bridgehead atoms. The van der Waals surface area contributed by atoms with Crippen molar-refractivity contribution in [3.05, 3.63) is 45.7 Å². The third-order valence-electron chi connectivity index (χ3n) is 2.51. The molecule has 6 heteroatoms. The molecule has 0 aliphatic heterocycles. The van der Waals surface area contributed by atoms with Crippen LogP contribution in [0.3, 0.4) is 0 Å². The number of hydrogen-bond donors (Lipinski definition) is 1. The van der Waals surface area contributed by atoms with Gasteiger partial charge in [0.25, 0.3) is 0 Å². The minimum atomic E-state index is -0.0733. The summed E-state index contributed by atoms with van der Waals surface area (Å²) < 4.78 is 2.75. The first-order chi connectivity index (χ1) is 8.58. The number of nitrogens with zero attached hydrogens (tertiary/aromatic N) is 2. The Morgan fingerprint density at radius 2 is 2.33 bits per heavy atom. The van der Waals surface area contributed by atoms with Crippen LogP contribution >= 0.6 is 39.3 Å². The zero-order valence-electron chi connectivity index (χ0n) is 9.81. The van der Waals surface area contributed by atoms with Gasteiger partial charge in [-0.2, -0.15) is 5.10 Å². The lowest BCUT2D eigenvalue weighted by molar-refractivity contribution is 0.657. The van der Waals surface area contributed by atoms with E-state index in [9.17, 15) is 0 Å². The van der Waals surface area contributed by atoms with Gasteiger partial charge in [0, 0.05) is 22.7 Å². The Bertz CT molecular complexity index is 524. The number of nitrogens with two attached hydrogens (primary N) is 1. The second kappa shape index (κ2) is 6.10. The highest BCUT2D eigenvalue weighted by Crippen LogP contribution is 2.28. The van der Waals surface area contributed by atoms with Crippen molar-refractivity contribution in [1.29, 1.82) is 0 Å². The van der Waals surface area contributed by atoms with Crippen LogP contribution in [0.2, 0.25) is 5.02 Å². The molecule has 3 nitrogen and oxygen atoms in total. The Kier molecular flexibility index (Phi) is 4.72.